The zero-order chi connectivity index (χ0) is 18.2. The average molecular weight is 356 g/mol. The third-order valence-electron chi connectivity index (χ3n) is 4.57. The van der Waals surface area contributed by atoms with E-state index in [9.17, 15) is 8.42 Å². The molecule has 0 aliphatic rings. The molecule has 0 unspecified atom stereocenters. The first kappa shape index (κ1) is 17.7. The van der Waals surface area contributed by atoms with Gasteiger partial charge in [-0.3, -0.25) is 0 Å². The molecule has 132 valence electrons. The molecule has 25 heavy (non-hydrogen) atoms. The van der Waals surface area contributed by atoms with E-state index in [1.165, 1.54) is 0 Å². The van der Waals surface area contributed by atoms with Crippen LogP contribution in [0, 0.1) is 13.8 Å². The molecule has 2 N–H and O–H groups in total. The molecule has 4 nitrogen and oxygen atoms in total. The monoisotopic (exact) mass is 356 g/mol. The number of hydrogen-bond acceptors (Lipinski definition) is 2. The number of aromatic amines is 1. The molecule has 2 aromatic carbocycles. The number of H-pyrrole nitrogens is 1. The fraction of sp³-hybridized carbons (Fsp3) is 0.300. The number of para-hydroxylation sites is 1. The standard InChI is InChI=1S/C20H24N2O2S/c1-14-8-7-9-16(12-14)25(23,24)21-13-20(3,4)19-15(2)22-18-11-6-5-10-17(18)19/h5-12,21-22H,13H2,1-4H3. The third-order valence-corrected chi connectivity index (χ3v) is 5.97. The summed E-state index contributed by atoms with van der Waals surface area (Å²) in [4.78, 5) is 3.70. The third kappa shape index (κ3) is 3.48. The Labute approximate surface area is 149 Å². The van der Waals surface area contributed by atoms with Crippen molar-refractivity contribution >= 4 is 20.9 Å². The Hall–Kier alpha value is -2.11. The molecule has 1 heterocycles. The van der Waals surface area contributed by atoms with Gasteiger partial charge in [0.25, 0.3) is 0 Å². The van der Waals surface area contributed by atoms with Crippen LogP contribution in [0.2, 0.25) is 0 Å². The van der Waals surface area contributed by atoms with Crippen molar-refractivity contribution in [3.05, 3.63) is 65.4 Å². The van der Waals surface area contributed by atoms with E-state index in [0.29, 0.717) is 11.4 Å². The second-order valence-corrected chi connectivity index (χ2v) is 8.96. The molecule has 0 fully saturated rings. The minimum absolute atomic E-state index is 0.305. The van der Waals surface area contributed by atoms with E-state index < -0.39 is 10.0 Å². The van der Waals surface area contributed by atoms with Crippen LogP contribution in [0.4, 0.5) is 0 Å². The summed E-state index contributed by atoms with van der Waals surface area (Å²) in [7, 11) is -3.53. The van der Waals surface area contributed by atoms with Crippen LogP contribution in [0.15, 0.2) is 53.4 Å². The van der Waals surface area contributed by atoms with Crippen molar-refractivity contribution < 1.29 is 8.42 Å². The normalized spacial score (nSPS) is 12.6. The quantitative estimate of drug-likeness (QED) is 0.725. The van der Waals surface area contributed by atoms with Crippen molar-refractivity contribution in [3.63, 3.8) is 0 Å². The maximum absolute atomic E-state index is 12.6. The highest BCUT2D eigenvalue weighted by molar-refractivity contribution is 7.89. The minimum Gasteiger partial charge on any atom is -0.358 e. The molecule has 0 aliphatic heterocycles. The summed E-state index contributed by atoms with van der Waals surface area (Å²) in [6, 6.07) is 15.1. The van der Waals surface area contributed by atoms with Crippen LogP contribution < -0.4 is 4.72 Å². The van der Waals surface area contributed by atoms with Gasteiger partial charge in [0.05, 0.1) is 4.90 Å². The smallest absolute Gasteiger partial charge is 0.240 e. The van der Waals surface area contributed by atoms with E-state index in [0.717, 1.165) is 27.7 Å². The van der Waals surface area contributed by atoms with E-state index in [-0.39, 0.29) is 5.41 Å². The zero-order valence-electron chi connectivity index (χ0n) is 15.1. The summed E-state index contributed by atoms with van der Waals surface area (Å²) in [6.45, 7) is 8.37. The van der Waals surface area contributed by atoms with Crippen LogP contribution in [0.1, 0.15) is 30.7 Å². The maximum atomic E-state index is 12.6. The van der Waals surface area contributed by atoms with Crippen LogP contribution in [0.3, 0.4) is 0 Å². The molecule has 0 spiro atoms. The highest BCUT2D eigenvalue weighted by Crippen LogP contribution is 2.33. The maximum Gasteiger partial charge on any atom is 0.240 e. The fourth-order valence-corrected chi connectivity index (χ4v) is 4.69. The molecular formula is C20H24N2O2S. The van der Waals surface area contributed by atoms with Gasteiger partial charge < -0.3 is 4.98 Å². The van der Waals surface area contributed by atoms with Crippen molar-refractivity contribution in [2.75, 3.05) is 6.54 Å². The molecule has 5 heteroatoms. The highest BCUT2D eigenvalue weighted by atomic mass is 32.2. The van der Waals surface area contributed by atoms with Gasteiger partial charge in [-0.2, -0.15) is 0 Å². The summed E-state index contributed by atoms with van der Waals surface area (Å²) in [6.07, 6.45) is 0. The zero-order valence-corrected chi connectivity index (χ0v) is 15.9. The van der Waals surface area contributed by atoms with Crippen molar-refractivity contribution in [1.29, 1.82) is 0 Å². The Balaban J connectivity index is 1.90. The van der Waals surface area contributed by atoms with Crippen molar-refractivity contribution in [2.45, 2.75) is 38.0 Å². The number of sulfonamides is 1. The Kier molecular flexibility index (Phi) is 4.47. The van der Waals surface area contributed by atoms with Gasteiger partial charge in [0.1, 0.15) is 0 Å². The number of aryl methyl sites for hydroxylation is 2. The van der Waals surface area contributed by atoms with Gasteiger partial charge in [0, 0.05) is 28.6 Å². The first-order valence-electron chi connectivity index (χ1n) is 8.35. The topological polar surface area (TPSA) is 62.0 Å². The van der Waals surface area contributed by atoms with Gasteiger partial charge in [-0.05, 0) is 43.2 Å². The number of fused-ring (bicyclic) bond motifs is 1. The molecule has 1 aromatic heterocycles. The second-order valence-electron chi connectivity index (χ2n) is 7.20. The molecule has 3 aromatic rings. The highest BCUT2D eigenvalue weighted by Gasteiger charge is 2.28. The molecule has 3 rings (SSSR count). The lowest BCUT2D eigenvalue weighted by molar-refractivity contribution is 0.502. The van der Waals surface area contributed by atoms with Gasteiger partial charge in [0.15, 0.2) is 0 Å². The molecule has 0 atom stereocenters. The van der Waals surface area contributed by atoms with Crippen LogP contribution in [-0.2, 0) is 15.4 Å². The predicted octanol–water partition coefficient (Wildman–Crippen LogP) is 4.04. The number of aromatic nitrogens is 1. The number of benzene rings is 2. The summed E-state index contributed by atoms with van der Waals surface area (Å²) >= 11 is 0. The van der Waals surface area contributed by atoms with Gasteiger partial charge >= 0.3 is 0 Å². The number of rotatable bonds is 5. The van der Waals surface area contributed by atoms with Gasteiger partial charge in [-0.1, -0.05) is 44.2 Å². The lowest BCUT2D eigenvalue weighted by Crippen LogP contribution is -2.37. The minimum atomic E-state index is -3.53. The average Bonchev–Trinajstić information content (AvgIpc) is 2.90. The Morgan fingerprint density at radius 1 is 1.04 bits per heavy atom. The molecule has 0 radical (unpaired) electrons. The Morgan fingerprint density at radius 2 is 1.76 bits per heavy atom. The van der Waals surface area contributed by atoms with Crippen LogP contribution in [-0.4, -0.2) is 19.9 Å². The van der Waals surface area contributed by atoms with Crippen LogP contribution >= 0.6 is 0 Å². The van der Waals surface area contributed by atoms with Crippen molar-refractivity contribution in [2.24, 2.45) is 0 Å². The number of nitrogens with one attached hydrogen (secondary N) is 2. The molecule has 0 saturated carbocycles. The molecular weight excluding hydrogens is 332 g/mol. The SMILES string of the molecule is Cc1cccc(S(=O)(=O)NCC(C)(C)c2c(C)[nH]c3ccccc23)c1. The van der Waals surface area contributed by atoms with Gasteiger partial charge in [0.2, 0.25) is 10.0 Å². The fourth-order valence-electron chi connectivity index (χ4n) is 3.38. The first-order valence-corrected chi connectivity index (χ1v) is 9.83. The Bertz CT molecular complexity index is 1020. The summed E-state index contributed by atoms with van der Waals surface area (Å²) in [5.41, 5.74) is 3.87. The summed E-state index contributed by atoms with van der Waals surface area (Å²) < 4.78 is 28.0. The molecule has 0 saturated heterocycles. The summed E-state index contributed by atoms with van der Waals surface area (Å²) in [5.74, 6) is 0. The lowest BCUT2D eigenvalue weighted by Gasteiger charge is -2.26. The number of hydrogen-bond donors (Lipinski definition) is 2. The van der Waals surface area contributed by atoms with Crippen molar-refractivity contribution in [1.82, 2.24) is 9.71 Å². The lowest BCUT2D eigenvalue weighted by atomic mass is 9.83. The molecule has 0 amide bonds. The van der Waals surface area contributed by atoms with E-state index in [1.54, 1.807) is 18.2 Å². The molecule has 0 aliphatic carbocycles. The Morgan fingerprint density at radius 3 is 2.48 bits per heavy atom. The van der Waals surface area contributed by atoms with E-state index in [2.05, 4.69) is 29.6 Å². The van der Waals surface area contributed by atoms with E-state index >= 15 is 0 Å². The van der Waals surface area contributed by atoms with Crippen molar-refractivity contribution in [3.8, 4) is 0 Å². The second kappa shape index (κ2) is 6.32. The van der Waals surface area contributed by atoms with Crippen LogP contribution in [0.5, 0.6) is 0 Å². The first-order chi connectivity index (χ1) is 11.7. The molecule has 0 bridgehead atoms. The van der Waals surface area contributed by atoms with Crippen LogP contribution in [0.25, 0.3) is 10.9 Å². The predicted molar refractivity (Wildman–Crippen MR) is 102 cm³/mol. The largest absolute Gasteiger partial charge is 0.358 e. The van der Waals surface area contributed by atoms with E-state index in [1.807, 2.05) is 38.1 Å². The van der Waals surface area contributed by atoms with E-state index in [4.69, 9.17) is 0 Å². The van der Waals surface area contributed by atoms with Gasteiger partial charge in [-0.25, -0.2) is 13.1 Å². The van der Waals surface area contributed by atoms with Gasteiger partial charge in [-0.15, -0.1) is 0 Å². The summed E-state index contributed by atoms with van der Waals surface area (Å²) in [5, 5.41) is 1.14.